The summed E-state index contributed by atoms with van der Waals surface area (Å²) < 4.78 is 20.4. The minimum atomic E-state index is -1.61. The van der Waals surface area contributed by atoms with E-state index in [1.54, 1.807) is 0 Å². The first-order chi connectivity index (χ1) is 16.1. The van der Waals surface area contributed by atoms with Crippen molar-refractivity contribution in [2.75, 3.05) is 6.61 Å². The van der Waals surface area contributed by atoms with E-state index < -0.39 is 8.60 Å². The fourth-order valence-corrected chi connectivity index (χ4v) is 6.36. The largest absolute Gasteiger partial charge is 0.333 e. The topological polar surface area (TPSA) is 27.7 Å². The lowest BCUT2D eigenvalue weighted by Crippen LogP contribution is -2.48. The molecule has 0 aromatic rings. The molecule has 0 heterocycles. The maximum absolute atomic E-state index is 7.03. The molecule has 0 saturated carbocycles. The van der Waals surface area contributed by atoms with E-state index >= 15 is 0 Å². The first-order valence-electron chi connectivity index (χ1n) is 13.7. The van der Waals surface area contributed by atoms with Gasteiger partial charge in [0.2, 0.25) is 0 Å². The Morgan fingerprint density at radius 2 is 1.00 bits per heavy atom. The normalized spacial score (nSPS) is 30.8. The second-order valence-corrected chi connectivity index (χ2v) is 16.3. The Bertz CT molecular complexity index is 826. The van der Waals surface area contributed by atoms with Gasteiger partial charge in [-0.05, 0) is 39.7 Å². The zero-order valence-electron chi connectivity index (χ0n) is 26.0. The molecule has 0 amide bonds. The number of hydrogen-bond donors (Lipinski definition) is 0. The van der Waals surface area contributed by atoms with Gasteiger partial charge in [-0.15, -0.1) is 0 Å². The van der Waals surface area contributed by atoms with Gasteiger partial charge in [0, 0.05) is 10.8 Å². The molecule has 0 fully saturated rings. The molecular formula is C32H55O3P. The highest BCUT2D eigenvalue weighted by molar-refractivity contribution is 7.41. The van der Waals surface area contributed by atoms with Crippen LogP contribution in [0.3, 0.4) is 0 Å². The third-order valence-electron chi connectivity index (χ3n) is 8.67. The third kappa shape index (κ3) is 6.28. The van der Waals surface area contributed by atoms with Crippen LogP contribution in [0.1, 0.15) is 104 Å². The Morgan fingerprint density at radius 3 is 1.25 bits per heavy atom. The van der Waals surface area contributed by atoms with E-state index in [0.717, 1.165) is 0 Å². The molecule has 2 aliphatic rings. The highest BCUT2D eigenvalue weighted by Gasteiger charge is 2.52. The van der Waals surface area contributed by atoms with Crippen LogP contribution in [0.25, 0.3) is 0 Å². The van der Waals surface area contributed by atoms with E-state index in [2.05, 4.69) is 133 Å². The quantitative estimate of drug-likeness (QED) is 0.327. The first-order valence-corrected chi connectivity index (χ1v) is 14.8. The van der Waals surface area contributed by atoms with E-state index in [1.807, 2.05) is 6.92 Å². The molecule has 36 heavy (non-hydrogen) atoms. The second-order valence-electron chi connectivity index (χ2n) is 15.1. The highest BCUT2D eigenvalue weighted by atomic mass is 31.2. The summed E-state index contributed by atoms with van der Waals surface area (Å²) in [6.45, 7) is 34.6. The molecule has 3 nitrogen and oxygen atoms in total. The molecule has 206 valence electrons. The summed E-state index contributed by atoms with van der Waals surface area (Å²) in [6, 6.07) is 0. The average Bonchev–Trinajstić information content (AvgIpc) is 2.67. The lowest BCUT2D eigenvalue weighted by Gasteiger charge is -2.52. The van der Waals surface area contributed by atoms with Crippen LogP contribution in [-0.4, -0.2) is 18.8 Å². The molecule has 0 spiro atoms. The van der Waals surface area contributed by atoms with Crippen LogP contribution >= 0.6 is 8.60 Å². The van der Waals surface area contributed by atoms with Gasteiger partial charge in [-0.1, -0.05) is 133 Å². The molecule has 0 aromatic heterocycles. The number of allylic oxidation sites excluding steroid dienone is 4. The van der Waals surface area contributed by atoms with Crippen LogP contribution in [-0.2, 0) is 13.6 Å². The summed E-state index contributed by atoms with van der Waals surface area (Å²) >= 11 is 0. The molecule has 2 aliphatic carbocycles. The minimum absolute atomic E-state index is 0.0177. The van der Waals surface area contributed by atoms with Crippen LogP contribution in [0.15, 0.2) is 47.6 Å². The highest BCUT2D eigenvalue weighted by Crippen LogP contribution is 2.60. The van der Waals surface area contributed by atoms with Crippen LogP contribution < -0.4 is 0 Å². The fraction of sp³-hybridized carbons (Fsp3) is 0.750. The molecule has 0 aliphatic heterocycles. The molecule has 4 atom stereocenters. The minimum Gasteiger partial charge on any atom is -0.313 e. The lowest BCUT2D eigenvalue weighted by molar-refractivity contribution is -0.0232. The first kappa shape index (κ1) is 31.5. The molecule has 0 radical (unpaired) electrons. The Kier molecular flexibility index (Phi) is 9.13. The Hall–Kier alpha value is -0.730. The number of hydrogen-bond acceptors (Lipinski definition) is 3. The van der Waals surface area contributed by atoms with Gasteiger partial charge < -0.3 is 13.6 Å². The summed E-state index contributed by atoms with van der Waals surface area (Å²) in [5, 5.41) is 0. The van der Waals surface area contributed by atoms with Crippen molar-refractivity contribution < 1.29 is 13.6 Å². The van der Waals surface area contributed by atoms with Gasteiger partial charge >= 0.3 is 8.60 Å². The fourth-order valence-electron chi connectivity index (χ4n) is 4.97. The van der Waals surface area contributed by atoms with Gasteiger partial charge in [-0.2, -0.15) is 0 Å². The molecule has 4 unspecified atom stereocenters. The zero-order chi connectivity index (χ0) is 28.0. The maximum Gasteiger partial charge on any atom is 0.333 e. The summed E-state index contributed by atoms with van der Waals surface area (Å²) in [5.41, 5.74) is 2.02. The predicted octanol–water partition coefficient (Wildman–Crippen LogP) is 10.2. The van der Waals surface area contributed by atoms with Crippen molar-refractivity contribution in [3.63, 3.8) is 0 Å². The van der Waals surface area contributed by atoms with Gasteiger partial charge in [0.25, 0.3) is 0 Å². The van der Waals surface area contributed by atoms with Crippen LogP contribution in [0.5, 0.6) is 0 Å². The van der Waals surface area contributed by atoms with Crippen molar-refractivity contribution in [2.45, 2.75) is 116 Å². The van der Waals surface area contributed by atoms with Crippen molar-refractivity contribution in [3.8, 4) is 0 Å². The standard InChI is InChI=1S/C32H55O3P/c1-16-33-36(34-25-23(27(2,3)4)19-17-21-31(25,14)29(8,9)10)35-26-24(28(5,6)7)20-18-22-32(26,15)30(11,12)13/h17-22,25-26H,16H2,1-15H3. The molecule has 0 N–H and O–H groups in total. The van der Waals surface area contributed by atoms with Crippen molar-refractivity contribution in [1.82, 2.24) is 0 Å². The average molecular weight is 519 g/mol. The van der Waals surface area contributed by atoms with Gasteiger partial charge in [0.1, 0.15) is 0 Å². The van der Waals surface area contributed by atoms with Gasteiger partial charge in [0.15, 0.2) is 0 Å². The molecule has 4 heteroatoms. The maximum atomic E-state index is 7.03. The predicted molar refractivity (Wildman–Crippen MR) is 157 cm³/mol. The van der Waals surface area contributed by atoms with Gasteiger partial charge in [-0.3, -0.25) is 0 Å². The smallest absolute Gasteiger partial charge is 0.313 e. The Labute approximate surface area is 224 Å². The van der Waals surface area contributed by atoms with Crippen molar-refractivity contribution in [1.29, 1.82) is 0 Å². The third-order valence-corrected chi connectivity index (χ3v) is 9.91. The van der Waals surface area contributed by atoms with E-state index in [9.17, 15) is 0 Å². The van der Waals surface area contributed by atoms with Crippen molar-refractivity contribution >= 4 is 8.60 Å². The lowest BCUT2D eigenvalue weighted by atomic mass is 9.59. The van der Waals surface area contributed by atoms with Crippen molar-refractivity contribution in [3.05, 3.63) is 47.6 Å². The molecule has 0 saturated heterocycles. The van der Waals surface area contributed by atoms with E-state index in [1.165, 1.54) is 11.1 Å². The number of rotatable bonds is 6. The van der Waals surface area contributed by atoms with Gasteiger partial charge in [0.05, 0.1) is 18.8 Å². The summed E-state index contributed by atoms with van der Waals surface area (Å²) in [7, 11) is -1.61. The van der Waals surface area contributed by atoms with E-state index in [0.29, 0.717) is 6.61 Å². The van der Waals surface area contributed by atoms with E-state index in [-0.39, 0.29) is 44.7 Å². The van der Waals surface area contributed by atoms with Gasteiger partial charge in [-0.25, -0.2) is 0 Å². The second kappa shape index (κ2) is 10.4. The van der Waals surface area contributed by atoms with Crippen LogP contribution in [0.4, 0.5) is 0 Å². The van der Waals surface area contributed by atoms with E-state index in [4.69, 9.17) is 13.6 Å². The molecular weight excluding hydrogens is 463 g/mol. The summed E-state index contributed by atoms with van der Waals surface area (Å²) in [4.78, 5) is 0. The SMILES string of the molecule is CCOP(OC1C(C(C)(C)C)=CC=CC1(C)C(C)(C)C)OC1C(C(C)(C)C)=CC=CC1(C)C(C)(C)C. The summed E-state index contributed by atoms with van der Waals surface area (Å²) in [5.74, 6) is 0. The van der Waals surface area contributed by atoms with Crippen molar-refractivity contribution in [2.24, 2.45) is 32.5 Å². The zero-order valence-corrected chi connectivity index (χ0v) is 26.9. The molecule has 2 rings (SSSR count). The van der Waals surface area contributed by atoms with Crippen LogP contribution in [0, 0.1) is 32.5 Å². The van der Waals surface area contributed by atoms with Crippen LogP contribution in [0.2, 0.25) is 0 Å². The molecule has 0 bridgehead atoms. The monoisotopic (exact) mass is 518 g/mol. The molecule has 0 aromatic carbocycles. The Morgan fingerprint density at radius 1 is 0.667 bits per heavy atom. The Balaban J connectivity index is 2.58. The summed E-state index contributed by atoms with van der Waals surface area (Å²) in [6.07, 6.45) is 13.2.